The highest BCUT2D eigenvalue weighted by Crippen LogP contribution is 2.47. The van der Waals surface area contributed by atoms with Gasteiger partial charge in [-0.1, -0.05) is 20.8 Å². The van der Waals surface area contributed by atoms with Crippen molar-refractivity contribution in [1.82, 2.24) is 14.8 Å². The Kier molecular flexibility index (Phi) is 4.24. The minimum Gasteiger partial charge on any atom is -0.253 e. The molecule has 0 aliphatic heterocycles. The summed E-state index contributed by atoms with van der Waals surface area (Å²) in [7, 11) is 1.96. The van der Waals surface area contributed by atoms with Gasteiger partial charge in [0.05, 0.1) is 0 Å². The van der Waals surface area contributed by atoms with Crippen molar-refractivity contribution < 1.29 is 0 Å². The average Bonchev–Trinajstić information content (AvgIpc) is 2.74. The van der Waals surface area contributed by atoms with Crippen LogP contribution in [0.25, 0.3) is 0 Å². The zero-order valence-corrected chi connectivity index (χ0v) is 13.4. The van der Waals surface area contributed by atoms with Gasteiger partial charge < -0.3 is 0 Å². The lowest BCUT2D eigenvalue weighted by Crippen LogP contribution is -2.36. The van der Waals surface area contributed by atoms with Crippen LogP contribution in [0.2, 0.25) is 0 Å². The summed E-state index contributed by atoms with van der Waals surface area (Å²) in [4.78, 5) is 4.36. The lowest BCUT2D eigenvalue weighted by Gasteiger charge is -2.43. The van der Waals surface area contributed by atoms with E-state index < -0.39 is 0 Å². The molecular formula is C15H26ClN3. The lowest BCUT2D eigenvalue weighted by molar-refractivity contribution is 0.0998. The minimum absolute atomic E-state index is 0.226. The molecular weight excluding hydrogens is 258 g/mol. The van der Waals surface area contributed by atoms with Crippen molar-refractivity contribution in [2.75, 3.05) is 5.88 Å². The number of halogens is 1. The Hall–Kier alpha value is -0.570. The lowest BCUT2D eigenvalue weighted by atomic mass is 9.63. The van der Waals surface area contributed by atoms with E-state index in [0.29, 0.717) is 5.41 Å². The molecule has 0 radical (unpaired) electrons. The van der Waals surface area contributed by atoms with Crippen molar-refractivity contribution in [1.29, 1.82) is 0 Å². The van der Waals surface area contributed by atoms with Gasteiger partial charge in [0.2, 0.25) is 0 Å². The zero-order chi connectivity index (χ0) is 14.1. The van der Waals surface area contributed by atoms with E-state index >= 15 is 0 Å². The van der Waals surface area contributed by atoms with E-state index in [2.05, 4.69) is 30.9 Å². The summed E-state index contributed by atoms with van der Waals surface area (Å²) in [5, 5.41) is 4.16. The van der Waals surface area contributed by atoms with Crippen molar-refractivity contribution in [2.45, 2.75) is 52.9 Å². The van der Waals surface area contributed by atoms with Gasteiger partial charge in [-0.2, -0.15) is 5.10 Å². The quantitative estimate of drug-likeness (QED) is 0.790. The first-order valence-corrected chi connectivity index (χ1v) is 7.79. The highest BCUT2D eigenvalue weighted by molar-refractivity contribution is 6.18. The maximum Gasteiger partial charge on any atom is 0.138 e. The van der Waals surface area contributed by atoms with E-state index in [0.717, 1.165) is 24.0 Å². The molecule has 0 bridgehead atoms. The molecule has 3 nitrogen and oxygen atoms in total. The van der Waals surface area contributed by atoms with Crippen LogP contribution in [-0.2, 0) is 13.5 Å². The molecule has 1 heterocycles. The molecule has 1 aromatic heterocycles. The SMILES string of the molecule is Cn1ncnc1CC1(CCl)CCC(C(C)(C)C)CC1. The van der Waals surface area contributed by atoms with E-state index in [1.807, 2.05) is 11.7 Å². The molecule has 0 aromatic carbocycles. The fourth-order valence-corrected chi connectivity index (χ4v) is 3.63. The molecule has 0 amide bonds. The standard InChI is InChI=1S/C15H26ClN3/c1-14(2,3)12-5-7-15(10-16,8-6-12)9-13-17-11-18-19(13)4/h11-12H,5-10H2,1-4H3. The summed E-state index contributed by atoms with van der Waals surface area (Å²) in [6.45, 7) is 7.07. The molecule has 4 heteroatoms. The topological polar surface area (TPSA) is 30.7 Å². The van der Waals surface area contributed by atoms with Crippen molar-refractivity contribution in [3.63, 3.8) is 0 Å². The second-order valence-electron chi connectivity index (χ2n) is 7.25. The Morgan fingerprint density at radius 2 is 2.00 bits per heavy atom. The van der Waals surface area contributed by atoms with Gasteiger partial charge in [0, 0.05) is 19.3 Å². The van der Waals surface area contributed by atoms with Crippen LogP contribution in [0.3, 0.4) is 0 Å². The van der Waals surface area contributed by atoms with Crippen molar-refractivity contribution in [3.05, 3.63) is 12.2 Å². The van der Waals surface area contributed by atoms with E-state index in [1.165, 1.54) is 25.7 Å². The van der Waals surface area contributed by atoms with Gasteiger partial charge in [0.25, 0.3) is 0 Å². The second kappa shape index (κ2) is 5.43. The number of hydrogen-bond acceptors (Lipinski definition) is 2. The Balaban J connectivity index is 2.04. The first-order valence-electron chi connectivity index (χ1n) is 7.25. The van der Waals surface area contributed by atoms with Crippen molar-refractivity contribution in [3.8, 4) is 0 Å². The monoisotopic (exact) mass is 283 g/mol. The Morgan fingerprint density at radius 3 is 2.42 bits per heavy atom. The Labute approximate surface area is 121 Å². The molecule has 1 aliphatic carbocycles. The third kappa shape index (κ3) is 3.31. The summed E-state index contributed by atoms with van der Waals surface area (Å²) in [6.07, 6.45) is 7.60. The molecule has 1 fully saturated rings. The number of aryl methyl sites for hydroxylation is 1. The van der Waals surface area contributed by atoms with Gasteiger partial charge in [-0.25, -0.2) is 4.98 Å². The molecule has 19 heavy (non-hydrogen) atoms. The number of aromatic nitrogens is 3. The molecule has 2 rings (SSSR count). The van der Waals surface area contributed by atoms with Gasteiger partial charge in [-0.05, 0) is 42.4 Å². The second-order valence-corrected chi connectivity index (χ2v) is 7.52. The molecule has 0 unspecified atom stereocenters. The van der Waals surface area contributed by atoms with E-state index in [4.69, 9.17) is 11.6 Å². The third-order valence-electron chi connectivity index (χ3n) is 4.89. The molecule has 1 aromatic rings. The van der Waals surface area contributed by atoms with E-state index in [-0.39, 0.29) is 5.41 Å². The van der Waals surface area contributed by atoms with Crippen LogP contribution < -0.4 is 0 Å². The summed E-state index contributed by atoms with van der Waals surface area (Å²) in [5.74, 6) is 2.62. The molecule has 0 N–H and O–H groups in total. The molecule has 108 valence electrons. The van der Waals surface area contributed by atoms with Gasteiger partial charge in [-0.3, -0.25) is 4.68 Å². The molecule has 0 spiro atoms. The normalized spacial score (nSPS) is 28.6. The number of rotatable bonds is 3. The van der Waals surface area contributed by atoms with E-state index in [9.17, 15) is 0 Å². The van der Waals surface area contributed by atoms with E-state index in [1.54, 1.807) is 6.33 Å². The van der Waals surface area contributed by atoms with Gasteiger partial charge in [-0.15, -0.1) is 11.6 Å². The Bertz CT molecular complexity index is 411. The predicted octanol–water partition coefficient (Wildman–Crippen LogP) is 3.82. The van der Waals surface area contributed by atoms with Crippen LogP contribution in [0.1, 0.15) is 52.3 Å². The highest BCUT2D eigenvalue weighted by atomic mass is 35.5. The minimum atomic E-state index is 0.226. The Morgan fingerprint density at radius 1 is 1.37 bits per heavy atom. The maximum atomic E-state index is 6.31. The van der Waals surface area contributed by atoms with Crippen LogP contribution in [-0.4, -0.2) is 20.6 Å². The smallest absolute Gasteiger partial charge is 0.138 e. The van der Waals surface area contributed by atoms with Crippen LogP contribution in [0.15, 0.2) is 6.33 Å². The summed E-state index contributed by atoms with van der Waals surface area (Å²) in [6, 6.07) is 0. The molecule has 1 aliphatic rings. The number of hydrogen-bond donors (Lipinski definition) is 0. The fourth-order valence-electron chi connectivity index (χ4n) is 3.27. The summed E-state index contributed by atoms with van der Waals surface area (Å²) < 4.78 is 1.88. The largest absolute Gasteiger partial charge is 0.253 e. The zero-order valence-electron chi connectivity index (χ0n) is 12.6. The third-order valence-corrected chi connectivity index (χ3v) is 5.46. The number of alkyl halides is 1. The van der Waals surface area contributed by atoms with Crippen LogP contribution >= 0.6 is 11.6 Å². The highest BCUT2D eigenvalue weighted by Gasteiger charge is 2.39. The first-order chi connectivity index (χ1) is 8.86. The van der Waals surface area contributed by atoms with Crippen LogP contribution in [0, 0.1) is 16.7 Å². The number of nitrogens with zero attached hydrogens (tertiary/aromatic N) is 3. The maximum absolute atomic E-state index is 6.31. The van der Waals surface area contributed by atoms with Crippen molar-refractivity contribution >= 4 is 11.6 Å². The van der Waals surface area contributed by atoms with Gasteiger partial charge in [0.15, 0.2) is 0 Å². The van der Waals surface area contributed by atoms with Crippen LogP contribution in [0.5, 0.6) is 0 Å². The predicted molar refractivity (Wildman–Crippen MR) is 79.3 cm³/mol. The molecule has 0 atom stereocenters. The fraction of sp³-hybridized carbons (Fsp3) is 0.867. The van der Waals surface area contributed by atoms with Crippen LogP contribution in [0.4, 0.5) is 0 Å². The molecule has 0 saturated heterocycles. The van der Waals surface area contributed by atoms with Gasteiger partial charge >= 0.3 is 0 Å². The molecule has 1 saturated carbocycles. The average molecular weight is 284 g/mol. The van der Waals surface area contributed by atoms with Crippen molar-refractivity contribution in [2.24, 2.45) is 23.8 Å². The summed E-state index contributed by atoms with van der Waals surface area (Å²) >= 11 is 6.31. The first kappa shape index (κ1) is 14.8. The summed E-state index contributed by atoms with van der Waals surface area (Å²) in [5.41, 5.74) is 0.646. The van der Waals surface area contributed by atoms with Gasteiger partial charge in [0.1, 0.15) is 12.2 Å².